The quantitative estimate of drug-likeness (QED) is 0.509. The Hall–Kier alpha value is -0.540. The summed E-state index contributed by atoms with van der Waals surface area (Å²) in [6, 6.07) is 9.84. The van der Waals surface area contributed by atoms with Gasteiger partial charge in [-0.05, 0) is 24.5 Å². The molecule has 0 amide bonds. The largest absolute Gasteiger partial charge is 0.491 e. The summed E-state index contributed by atoms with van der Waals surface area (Å²) < 4.78 is 11.2. The van der Waals surface area contributed by atoms with Crippen molar-refractivity contribution in [2.45, 2.75) is 19.8 Å². The van der Waals surface area contributed by atoms with Gasteiger partial charge in [-0.2, -0.15) is 0 Å². The van der Waals surface area contributed by atoms with Crippen LogP contribution in [0.3, 0.4) is 0 Å². The number of rotatable bonds is 9. The van der Waals surface area contributed by atoms with E-state index in [0.717, 1.165) is 17.7 Å². The van der Waals surface area contributed by atoms with E-state index in [4.69, 9.17) is 9.47 Å². The summed E-state index contributed by atoms with van der Waals surface area (Å²) in [6.07, 6.45) is 2.42. The van der Waals surface area contributed by atoms with Crippen molar-refractivity contribution in [3.63, 3.8) is 0 Å². The highest BCUT2D eigenvalue weighted by atomic mass is 79.9. The Labute approximate surface area is 112 Å². The van der Waals surface area contributed by atoms with Crippen LogP contribution >= 0.6 is 15.9 Å². The minimum atomic E-state index is 0.616. The van der Waals surface area contributed by atoms with Crippen LogP contribution in [-0.4, -0.2) is 25.2 Å². The first-order valence-corrected chi connectivity index (χ1v) is 7.30. The molecule has 1 aromatic carbocycles. The first-order valence-electron chi connectivity index (χ1n) is 6.18. The van der Waals surface area contributed by atoms with Gasteiger partial charge in [-0.1, -0.05) is 47.5 Å². The second kappa shape index (κ2) is 9.49. The van der Waals surface area contributed by atoms with Crippen LogP contribution in [-0.2, 0) is 4.74 Å². The van der Waals surface area contributed by atoms with Crippen molar-refractivity contribution < 1.29 is 9.47 Å². The molecule has 0 heterocycles. The predicted molar refractivity (Wildman–Crippen MR) is 74.9 cm³/mol. The summed E-state index contributed by atoms with van der Waals surface area (Å²) in [5, 5.41) is 1.01. The summed E-state index contributed by atoms with van der Waals surface area (Å²) in [5.74, 6) is 1.53. The molecule has 96 valence electrons. The van der Waals surface area contributed by atoms with Gasteiger partial charge in [-0.15, -0.1) is 0 Å². The van der Waals surface area contributed by atoms with Crippen molar-refractivity contribution in [1.29, 1.82) is 0 Å². The highest BCUT2D eigenvalue weighted by Gasteiger charge is 2.05. The van der Waals surface area contributed by atoms with Crippen LogP contribution < -0.4 is 4.74 Å². The number of para-hydroxylation sites is 1. The lowest BCUT2D eigenvalue weighted by Gasteiger charge is -2.13. The second-order valence-corrected chi connectivity index (χ2v) is 4.69. The Morgan fingerprint density at radius 2 is 1.94 bits per heavy atom. The van der Waals surface area contributed by atoms with Crippen molar-refractivity contribution in [3.8, 4) is 5.75 Å². The molecule has 2 nitrogen and oxygen atoms in total. The summed E-state index contributed by atoms with van der Waals surface area (Å²) >= 11 is 3.51. The Morgan fingerprint density at radius 1 is 1.18 bits per heavy atom. The van der Waals surface area contributed by atoms with Crippen molar-refractivity contribution in [2.75, 3.05) is 25.2 Å². The zero-order valence-corrected chi connectivity index (χ0v) is 12.0. The second-order valence-electron chi connectivity index (χ2n) is 4.05. The minimum Gasteiger partial charge on any atom is -0.491 e. The third kappa shape index (κ3) is 6.69. The van der Waals surface area contributed by atoms with E-state index < -0.39 is 0 Å². The van der Waals surface area contributed by atoms with E-state index in [1.807, 2.05) is 30.3 Å². The average Bonchev–Trinajstić information content (AvgIpc) is 2.38. The Bertz CT molecular complexity index is 277. The van der Waals surface area contributed by atoms with Gasteiger partial charge < -0.3 is 9.47 Å². The van der Waals surface area contributed by atoms with E-state index in [2.05, 4.69) is 22.9 Å². The van der Waals surface area contributed by atoms with E-state index in [1.54, 1.807) is 0 Å². The average molecular weight is 301 g/mol. The molecule has 0 aliphatic carbocycles. The zero-order valence-electron chi connectivity index (χ0n) is 10.4. The molecular weight excluding hydrogens is 280 g/mol. The van der Waals surface area contributed by atoms with Crippen LogP contribution in [0.2, 0.25) is 0 Å². The number of hydrogen-bond acceptors (Lipinski definition) is 2. The molecular formula is C14H21BrO2. The van der Waals surface area contributed by atoms with Gasteiger partial charge in [0.2, 0.25) is 0 Å². The smallest absolute Gasteiger partial charge is 0.119 e. The maximum absolute atomic E-state index is 5.61. The molecule has 17 heavy (non-hydrogen) atoms. The molecule has 0 bridgehead atoms. The fraction of sp³-hybridized carbons (Fsp3) is 0.571. The van der Waals surface area contributed by atoms with Crippen molar-refractivity contribution in [3.05, 3.63) is 30.3 Å². The molecule has 1 unspecified atom stereocenters. The van der Waals surface area contributed by atoms with Crippen LogP contribution in [0.4, 0.5) is 0 Å². The number of alkyl halides is 1. The lowest BCUT2D eigenvalue weighted by molar-refractivity contribution is 0.0772. The van der Waals surface area contributed by atoms with E-state index in [1.165, 1.54) is 12.8 Å². The first-order chi connectivity index (χ1) is 8.36. The Balaban J connectivity index is 2.04. The Kier molecular flexibility index (Phi) is 8.10. The normalized spacial score (nSPS) is 12.4. The molecule has 0 saturated carbocycles. The molecule has 0 fully saturated rings. The molecule has 0 saturated heterocycles. The van der Waals surface area contributed by atoms with Gasteiger partial charge in [0.15, 0.2) is 0 Å². The number of hydrogen-bond donors (Lipinski definition) is 0. The van der Waals surface area contributed by atoms with Crippen molar-refractivity contribution >= 4 is 15.9 Å². The molecule has 1 atom stereocenters. The van der Waals surface area contributed by atoms with Gasteiger partial charge in [0, 0.05) is 5.33 Å². The lowest BCUT2D eigenvalue weighted by atomic mass is 10.1. The fourth-order valence-corrected chi connectivity index (χ4v) is 2.11. The zero-order chi connectivity index (χ0) is 12.3. The van der Waals surface area contributed by atoms with Gasteiger partial charge in [-0.3, -0.25) is 0 Å². The van der Waals surface area contributed by atoms with Gasteiger partial charge in [0.25, 0.3) is 0 Å². The fourth-order valence-electron chi connectivity index (χ4n) is 1.60. The van der Waals surface area contributed by atoms with E-state index in [0.29, 0.717) is 19.1 Å². The predicted octanol–water partition coefficient (Wildman–Crippen LogP) is 3.89. The van der Waals surface area contributed by atoms with E-state index >= 15 is 0 Å². The number of halogens is 1. The van der Waals surface area contributed by atoms with Gasteiger partial charge >= 0.3 is 0 Å². The molecule has 1 rings (SSSR count). The highest BCUT2D eigenvalue weighted by molar-refractivity contribution is 9.09. The SMILES string of the molecule is CCCC(CBr)COCCOc1ccccc1. The van der Waals surface area contributed by atoms with Crippen LogP contribution in [0.1, 0.15) is 19.8 Å². The summed E-state index contributed by atoms with van der Waals surface area (Å²) in [4.78, 5) is 0. The van der Waals surface area contributed by atoms with E-state index in [-0.39, 0.29) is 0 Å². The maximum Gasteiger partial charge on any atom is 0.119 e. The molecule has 0 aliphatic rings. The third-order valence-electron chi connectivity index (χ3n) is 2.51. The van der Waals surface area contributed by atoms with Gasteiger partial charge in [0.05, 0.1) is 13.2 Å². The van der Waals surface area contributed by atoms with Crippen LogP contribution in [0.5, 0.6) is 5.75 Å². The summed E-state index contributed by atoms with van der Waals surface area (Å²) in [6.45, 7) is 4.29. The molecule has 0 N–H and O–H groups in total. The van der Waals surface area contributed by atoms with Crippen molar-refractivity contribution in [1.82, 2.24) is 0 Å². The topological polar surface area (TPSA) is 18.5 Å². The minimum absolute atomic E-state index is 0.616. The molecule has 0 spiro atoms. The number of ether oxygens (including phenoxy) is 2. The number of benzene rings is 1. The lowest BCUT2D eigenvalue weighted by Crippen LogP contribution is -2.14. The monoisotopic (exact) mass is 300 g/mol. The maximum atomic E-state index is 5.61. The van der Waals surface area contributed by atoms with E-state index in [9.17, 15) is 0 Å². The van der Waals surface area contributed by atoms with Gasteiger partial charge in [0.1, 0.15) is 12.4 Å². The molecule has 1 aromatic rings. The third-order valence-corrected chi connectivity index (χ3v) is 3.42. The Morgan fingerprint density at radius 3 is 2.59 bits per heavy atom. The van der Waals surface area contributed by atoms with Crippen LogP contribution in [0.15, 0.2) is 30.3 Å². The van der Waals surface area contributed by atoms with Crippen LogP contribution in [0, 0.1) is 5.92 Å². The van der Waals surface area contributed by atoms with Crippen LogP contribution in [0.25, 0.3) is 0 Å². The molecule has 0 radical (unpaired) electrons. The van der Waals surface area contributed by atoms with Crippen molar-refractivity contribution in [2.24, 2.45) is 5.92 Å². The molecule has 3 heteroatoms. The standard InChI is InChI=1S/C14H21BrO2/c1-2-6-13(11-15)12-16-9-10-17-14-7-4-3-5-8-14/h3-5,7-8,13H,2,6,9-12H2,1H3. The molecule has 0 aromatic heterocycles. The highest BCUT2D eigenvalue weighted by Crippen LogP contribution is 2.10. The van der Waals surface area contributed by atoms with Gasteiger partial charge in [-0.25, -0.2) is 0 Å². The first kappa shape index (κ1) is 14.5. The summed E-state index contributed by atoms with van der Waals surface area (Å²) in [7, 11) is 0. The summed E-state index contributed by atoms with van der Waals surface area (Å²) in [5.41, 5.74) is 0. The molecule has 0 aliphatic heterocycles.